The number of rotatable bonds is 4. The SMILES string of the molecule is CNC(=O)c1csc2c(C(F)(F)F)cc(N3CCN(C(=O)NCC4CC4)CC3)nc12. The Morgan fingerprint density at radius 1 is 1.23 bits per heavy atom. The molecule has 1 saturated heterocycles. The molecule has 0 atom stereocenters. The lowest BCUT2D eigenvalue weighted by molar-refractivity contribution is -0.136. The number of carbonyl (C=O) groups excluding carboxylic acids is 2. The van der Waals surface area contributed by atoms with Crippen LogP contribution in [0.1, 0.15) is 28.8 Å². The van der Waals surface area contributed by atoms with Gasteiger partial charge in [0.2, 0.25) is 0 Å². The van der Waals surface area contributed by atoms with Gasteiger partial charge >= 0.3 is 12.2 Å². The number of thiophene rings is 1. The number of hydrogen-bond donors (Lipinski definition) is 2. The predicted molar refractivity (Wildman–Crippen MR) is 108 cm³/mol. The smallest absolute Gasteiger partial charge is 0.355 e. The van der Waals surface area contributed by atoms with Gasteiger partial charge in [0.05, 0.1) is 21.3 Å². The van der Waals surface area contributed by atoms with E-state index in [9.17, 15) is 22.8 Å². The number of fused-ring (bicyclic) bond motifs is 1. The molecule has 0 spiro atoms. The Kier molecular flexibility index (Phi) is 5.48. The third-order valence-corrected chi connectivity index (χ3v) is 6.42. The fourth-order valence-electron chi connectivity index (χ4n) is 3.47. The third-order valence-electron chi connectivity index (χ3n) is 5.42. The van der Waals surface area contributed by atoms with E-state index in [0.29, 0.717) is 38.6 Å². The second-order valence-electron chi connectivity index (χ2n) is 7.54. The standard InChI is InChI=1S/C19H22F3N5O2S/c1-23-17(28)12-10-30-16-13(19(20,21)22)8-14(25-15(12)16)26-4-6-27(7-5-26)18(29)24-9-11-2-3-11/h8,10-11H,2-7,9H2,1H3,(H,23,28)(H,24,29). The van der Waals surface area contributed by atoms with Gasteiger partial charge in [-0.05, 0) is 24.8 Å². The zero-order chi connectivity index (χ0) is 21.5. The molecule has 0 bridgehead atoms. The lowest BCUT2D eigenvalue weighted by Crippen LogP contribution is -2.52. The summed E-state index contributed by atoms with van der Waals surface area (Å²) in [6, 6.07) is 0.899. The number of nitrogens with zero attached hydrogens (tertiary/aromatic N) is 3. The Balaban J connectivity index is 1.56. The van der Waals surface area contributed by atoms with E-state index < -0.39 is 17.6 Å². The fourth-order valence-corrected chi connectivity index (χ4v) is 4.49. The summed E-state index contributed by atoms with van der Waals surface area (Å²) in [6.07, 6.45) is -2.28. The highest BCUT2D eigenvalue weighted by Crippen LogP contribution is 2.40. The highest BCUT2D eigenvalue weighted by Gasteiger charge is 2.36. The van der Waals surface area contributed by atoms with Crippen LogP contribution in [0.15, 0.2) is 11.4 Å². The Hall–Kier alpha value is -2.56. The zero-order valence-corrected chi connectivity index (χ0v) is 17.2. The number of hydrogen-bond acceptors (Lipinski definition) is 5. The van der Waals surface area contributed by atoms with E-state index in [0.717, 1.165) is 30.2 Å². The van der Waals surface area contributed by atoms with Crippen molar-refractivity contribution in [1.29, 1.82) is 0 Å². The molecule has 0 radical (unpaired) electrons. The summed E-state index contributed by atoms with van der Waals surface area (Å²) in [7, 11) is 1.42. The molecule has 2 aromatic heterocycles. The van der Waals surface area contributed by atoms with E-state index in [-0.39, 0.29) is 27.6 Å². The first-order chi connectivity index (χ1) is 14.3. The number of halogens is 3. The summed E-state index contributed by atoms with van der Waals surface area (Å²) in [5, 5.41) is 6.75. The summed E-state index contributed by atoms with van der Waals surface area (Å²) in [4.78, 5) is 32.1. The summed E-state index contributed by atoms with van der Waals surface area (Å²) in [5.41, 5.74) is -0.621. The van der Waals surface area contributed by atoms with Crippen molar-refractivity contribution in [1.82, 2.24) is 20.5 Å². The van der Waals surface area contributed by atoms with Crippen LogP contribution in [0.25, 0.3) is 10.2 Å². The number of pyridine rings is 1. The summed E-state index contributed by atoms with van der Waals surface area (Å²) >= 11 is 0.861. The van der Waals surface area contributed by atoms with Gasteiger partial charge in [0.1, 0.15) is 5.82 Å². The van der Waals surface area contributed by atoms with Crippen LogP contribution >= 0.6 is 11.3 Å². The number of piperazine rings is 1. The molecule has 30 heavy (non-hydrogen) atoms. The van der Waals surface area contributed by atoms with E-state index in [4.69, 9.17) is 0 Å². The van der Waals surface area contributed by atoms with E-state index >= 15 is 0 Å². The van der Waals surface area contributed by atoms with Crippen molar-refractivity contribution in [2.75, 3.05) is 44.7 Å². The molecule has 3 heterocycles. The van der Waals surface area contributed by atoms with Gasteiger partial charge in [0.15, 0.2) is 0 Å². The third kappa shape index (κ3) is 4.16. The minimum atomic E-state index is -4.56. The second-order valence-corrected chi connectivity index (χ2v) is 8.42. The summed E-state index contributed by atoms with van der Waals surface area (Å²) in [6.45, 7) is 2.19. The monoisotopic (exact) mass is 441 g/mol. The van der Waals surface area contributed by atoms with Crippen molar-refractivity contribution < 1.29 is 22.8 Å². The van der Waals surface area contributed by atoms with Gasteiger partial charge in [-0.1, -0.05) is 0 Å². The molecule has 2 aliphatic rings. The second kappa shape index (κ2) is 7.93. The van der Waals surface area contributed by atoms with Crippen LogP contribution in [-0.2, 0) is 6.18 Å². The molecule has 11 heteroatoms. The molecule has 2 aromatic rings. The molecule has 2 fully saturated rings. The fraction of sp³-hybridized carbons (Fsp3) is 0.526. The Morgan fingerprint density at radius 2 is 1.93 bits per heavy atom. The number of urea groups is 1. The van der Waals surface area contributed by atoms with Gasteiger partial charge in [-0.15, -0.1) is 11.3 Å². The molecule has 1 aliphatic carbocycles. The average molecular weight is 441 g/mol. The van der Waals surface area contributed by atoms with Gasteiger partial charge in [-0.25, -0.2) is 9.78 Å². The number of anilines is 1. The van der Waals surface area contributed by atoms with Crippen LogP contribution < -0.4 is 15.5 Å². The molecule has 7 nitrogen and oxygen atoms in total. The summed E-state index contributed by atoms with van der Waals surface area (Å²) in [5.74, 6) is 0.264. The predicted octanol–water partition coefficient (Wildman–Crippen LogP) is 2.92. The van der Waals surface area contributed by atoms with Gasteiger partial charge in [-0.3, -0.25) is 4.79 Å². The Bertz CT molecular complexity index is 965. The molecule has 162 valence electrons. The first kappa shape index (κ1) is 20.7. The zero-order valence-electron chi connectivity index (χ0n) is 16.4. The lowest BCUT2D eigenvalue weighted by atomic mass is 10.1. The Morgan fingerprint density at radius 3 is 2.53 bits per heavy atom. The van der Waals surface area contributed by atoms with Crippen molar-refractivity contribution in [3.63, 3.8) is 0 Å². The van der Waals surface area contributed by atoms with E-state index in [2.05, 4.69) is 15.6 Å². The minimum Gasteiger partial charge on any atom is -0.355 e. The van der Waals surface area contributed by atoms with E-state index in [1.165, 1.54) is 12.4 Å². The highest BCUT2D eigenvalue weighted by molar-refractivity contribution is 7.17. The maximum absolute atomic E-state index is 13.7. The quantitative estimate of drug-likeness (QED) is 0.765. The first-order valence-electron chi connectivity index (χ1n) is 9.77. The summed E-state index contributed by atoms with van der Waals surface area (Å²) < 4.78 is 41.0. The molecular formula is C19H22F3N5O2S. The number of amides is 3. The molecule has 1 saturated carbocycles. The van der Waals surface area contributed by atoms with Crippen molar-refractivity contribution in [3.8, 4) is 0 Å². The minimum absolute atomic E-state index is 0.0498. The highest BCUT2D eigenvalue weighted by atomic mass is 32.1. The van der Waals surface area contributed by atoms with Gasteiger partial charge in [0, 0.05) is 45.2 Å². The molecule has 3 amide bonds. The van der Waals surface area contributed by atoms with Gasteiger partial charge < -0.3 is 20.4 Å². The molecule has 1 aliphatic heterocycles. The van der Waals surface area contributed by atoms with Crippen molar-refractivity contribution in [2.24, 2.45) is 5.92 Å². The molecule has 0 aromatic carbocycles. The van der Waals surface area contributed by atoms with Crippen LogP contribution in [-0.4, -0.2) is 61.6 Å². The molecule has 4 rings (SSSR count). The average Bonchev–Trinajstić information content (AvgIpc) is 3.47. The molecular weight excluding hydrogens is 419 g/mol. The molecule has 0 unspecified atom stereocenters. The van der Waals surface area contributed by atoms with Crippen LogP contribution in [0.3, 0.4) is 0 Å². The van der Waals surface area contributed by atoms with Crippen LogP contribution in [0.4, 0.5) is 23.8 Å². The Labute approximate surface area is 175 Å². The van der Waals surface area contributed by atoms with Gasteiger partial charge in [-0.2, -0.15) is 13.2 Å². The van der Waals surface area contributed by atoms with Crippen LogP contribution in [0.5, 0.6) is 0 Å². The number of alkyl halides is 3. The van der Waals surface area contributed by atoms with Crippen molar-refractivity contribution >= 4 is 39.3 Å². The maximum atomic E-state index is 13.7. The first-order valence-corrected chi connectivity index (χ1v) is 10.6. The number of aromatic nitrogens is 1. The van der Waals surface area contributed by atoms with Crippen LogP contribution in [0.2, 0.25) is 0 Å². The molecule has 2 N–H and O–H groups in total. The number of nitrogens with one attached hydrogen (secondary N) is 2. The van der Waals surface area contributed by atoms with Crippen molar-refractivity contribution in [2.45, 2.75) is 19.0 Å². The normalized spacial score (nSPS) is 17.3. The number of carbonyl (C=O) groups is 2. The van der Waals surface area contributed by atoms with E-state index in [1.54, 1.807) is 9.80 Å². The van der Waals surface area contributed by atoms with Gasteiger partial charge in [0.25, 0.3) is 5.91 Å². The maximum Gasteiger partial charge on any atom is 0.417 e. The largest absolute Gasteiger partial charge is 0.417 e. The lowest BCUT2D eigenvalue weighted by Gasteiger charge is -2.35. The topological polar surface area (TPSA) is 77.6 Å². The van der Waals surface area contributed by atoms with Crippen LogP contribution in [0, 0.1) is 5.92 Å². The van der Waals surface area contributed by atoms with E-state index in [1.807, 2.05) is 0 Å². The van der Waals surface area contributed by atoms with Crippen molar-refractivity contribution in [3.05, 3.63) is 22.6 Å².